The summed E-state index contributed by atoms with van der Waals surface area (Å²) in [6, 6.07) is 8.00. The minimum Gasteiger partial charge on any atom is -0.503 e. The Hall–Kier alpha value is -3.63. The quantitative estimate of drug-likeness (QED) is 0.187. The molecule has 1 aliphatic heterocycles. The predicted molar refractivity (Wildman–Crippen MR) is 160 cm³/mol. The maximum atomic E-state index is 14.1. The molecule has 0 radical (unpaired) electrons. The van der Waals surface area contributed by atoms with E-state index in [2.05, 4.69) is 31.9 Å². The fourth-order valence-corrected chi connectivity index (χ4v) is 7.77. The Bertz CT molecular complexity index is 1730. The van der Waals surface area contributed by atoms with Gasteiger partial charge in [-0.05, 0) is 106 Å². The Balaban J connectivity index is 1.50. The number of amides is 2. The second-order valence-corrected chi connectivity index (χ2v) is 12.6. The summed E-state index contributed by atoms with van der Waals surface area (Å²) in [5, 5.41) is 10.6. The third kappa shape index (κ3) is 4.10. The molecule has 214 valence electrons. The van der Waals surface area contributed by atoms with Crippen LogP contribution in [0.2, 0.25) is 0 Å². The smallest absolute Gasteiger partial charge is 0.238 e. The van der Waals surface area contributed by atoms with Crippen LogP contribution in [0.3, 0.4) is 0 Å². The van der Waals surface area contributed by atoms with Crippen molar-refractivity contribution in [1.82, 2.24) is 0 Å². The number of rotatable bonds is 4. The average molecular weight is 695 g/mol. The van der Waals surface area contributed by atoms with Gasteiger partial charge in [0, 0.05) is 32.7 Å². The highest BCUT2D eigenvalue weighted by molar-refractivity contribution is 9.13. The Morgan fingerprint density at radius 3 is 2.36 bits per heavy atom. The molecule has 1 saturated heterocycles. The fraction of sp³-hybridized carbons (Fsp3) is 0.281. The second kappa shape index (κ2) is 10.3. The van der Waals surface area contributed by atoms with Crippen LogP contribution in [0.5, 0.6) is 11.5 Å². The molecule has 8 nitrogen and oxygen atoms in total. The number of aromatic hydroxyl groups is 1. The summed E-state index contributed by atoms with van der Waals surface area (Å²) >= 11 is 6.98. The lowest BCUT2D eigenvalue weighted by atomic mass is 9.59. The lowest BCUT2D eigenvalue weighted by Crippen LogP contribution is -2.40. The summed E-state index contributed by atoms with van der Waals surface area (Å²) in [7, 11) is 1.42. The third-order valence-corrected chi connectivity index (χ3v) is 11.0. The number of phenols is 1. The number of phenolic OH excluding ortho intramolecular Hbond substituents is 1. The van der Waals surface area contributed by atoms with Crippen LogP contribution in [-0.2, 0) is 19.2 Å². The molecule has 4 aliphatic rings. The van der Waals surface area contributed by atoms with Gasteiger partial charge in [0.05, 0.1) is 29.1 Å². The van der Waals surface area contributed by atoms with Gasteiger partial charge in [-0.3, -0.25) is 28.9 Å². The maximum Gasteiger partial charge on any atom is 0.238 e. The van der Waals surface area contributed by atoms with E-state index >= 15 is 0 Å². The van der Waals surface area contributed by atoms with Gasteiger partial charge in [-0.2, -0.15) is 0 Å². The number of hydrogen-bond donors (Lipinski definition) is 1. The van der Waals surface area contributed by atoms with Gasteiger partial charge in [0.15, 0.2) is 28.8 Å². The van der Waals surface area contributed by atoms with Gasteiger partial charge >= 0.3 is 0 Å². The maximum absolute atomic E-state index is 14.1. The lowest BCUT2D eigenvalue weighted by Gasteiger charge is -2.42. The second-order valence-electron chi connectivity index (χ2n) is 11.0. The number of carbonyl (C=O) groups is 5. The highest BCUT2D eigenvalue weighted by atomic mass is 79.9. The molecular weight excluding hydrogens is 670 g/mol. The highest BCUT2D eigenvalue weighted by Crippen LogP contribution is 2.57. The van der Waals surface area contributed by atoms with Crippen molar-refractivity contribution in [3.8, 4) is 11.5 Å². The fourth-order valence-electron chi connectivity index (χ4n) is 6.81. The molecule has 0 aromatic heterocycles. The van der Waals surface area contributed by atoms with E-state index in [9.17, 15) is 29.1 Å². The number of ether oxygens (including phenoxy) is 1. The van der Waals surface area contributed by atoms with Gasteiger partial charge in [-0.25, -0.2) is 0 Å². The van der Waals surface area contributed by atoms with E-state index in [-0.39, 0.29) is 53.5 Å². The number of methoxy groups -OCH3 is 1. The summed E-state index contributed by atoms with van der Waals surface area (Å²) in [6.07, 6.45) is 3.71. The summed E-state index contributed by atoms with van der Waals surface area (Å²) in [4.78, 5) is 67.8. The van der Waals surface area contributed by atoms with Gasteiger partial charge in [-0.15, -0.1) is 0 Å². The first-order valence-corrected chi connectivity index (χ1v) is 15.0. The standard InChI is InChI=1S/C32H25Br2NO7/c1-13-10-22(37)26-21(29(13)38)11-19-17(24(26)20-12-23(42-3)30(39)28(34)27(20)33)8-9-18-25(19)32(41)35(31(18)40)16-6-4-15(5-7-16)14(2)36/h4-8,10,12,18-19,24-25,39H,9,11H2,1-3H3. The first-order chi connectivity index (χ1) is 20.0. The van der Waals surface area contributed by atoms with Crippen molar-refractivity contribution >= 4 is 66.7 Å². The molecule has 1 heterocycles. The summed E-state index contributed by atoms with van der Waals surface area (Å²) in [5.41, 5.74) is 3.21. The number of ketones is 3. The zero-order valence-electron chi connectivity index (χ0n) is 22.9. The Labute approximate surface area is 258 Å². The number of Topliss-reactive ketones (excluding diaryl/α,β-unsaturated/α-hetero) is 2. The van der Waals surface area contributed by atoms with Crippen LogP contribution in [0.1, 0.15) is 48.5 Å². The molecule has 0 saturated carbocycles. The van der Waals surface area contributed by atoms with Crippen LogP contribution >= 0.6 is 31.9 Å². The number of carbonyl (C=O) groups excluding carboxylic acids is 5. The largest absolute Gasteiger partial charge is 0.503 e. The van der Waals surface area contributed by atoms with Crippen LogP contribution in [0.25, 0.3) is 0 Å². The Morgan fingerprint density at radius 2 is 1.71 bits per heavy atom. The van der Waals surface area contributed by atoms with Crippen molar-refractivity contribution in [3.63, 3.8) is 0 Å². The number of nitrogens with zero attached hydrogens (tertiary/aromatic N) is 1. The van der Waals surface area contributed by atoms with Crippen molar-refractivity contribution in [2.24, 2.45) is 17.8 Å². The van der Waals surface area contributed by atoms with E-state index in [1.165, 1.54) is 25.0 Å². The number of fused-ring (bicyclic) bond motifs is 3. The first-order valence-electron chi connectivity index (χ1n) is 13.4. The first kappa shape index (κ1) is 28.5. The normalized spacial score (nSPS) is 25.1. The average Bonchev–Trinajstić information content (AvgIpc) is 3.23. The number of anilines is 1. The van der Waals surface area contributed by atoms with E-state index in [0.717, 1.165) is 5.57 Å². The van der Waals surface area contributed by atoms with E-state index in [1.807, 2.05) is 6.08 Å². The molecule has 6 rings (SSSR count). The molecule has 2 amide bonds. The van der Waals surface area contributed by atoms with Crippen molar-refractivity contribution in [1.29, 1.82) is 0 Å². The van der Waals surface area contributed by atoms with Crippen LogP contribution in [0, 0.1) is 17.8 Å². The van der Waals surface area contributed by atoms with E-state index in [0.29, 0.717) is 42.5 Å². The van der Waals surface area contributed by atoms with Crippen molar-refractivity contribution in [2.45, 2.75) is 32.6 Å². The Kier molecular flexibility index (Phi) is 6.97. The molecule has 4 unspecified atom stereocenters. The number of benzene rings is 2. The van der Waals surface area contributed by atoms with Crippen molar-refractivity contribution in [3.05, 3.63) is 84.8 Å². The topological polar surface area (TPSA) is 118 Å². The van der Waals surface area contributed by atoms with Gasteiger partial charge in [0.2, 0.25) is 11.8 Å². The monoisotopic (exact) mass is 693 g/mol. The molecule has 42 heavy (non-hydrogen) atoms. The number of hydrogen-bond acceptors (Lipinski definition) is 7. The Morgan fingerprint density at radius 1 is 1.02 bits per heavy atom. The summed E-state index contributed by atoms with van der Waals surface area (Å²) in [5.74, 6) is -3.92. The van der Waals surface area contributed by atoms with E-state index in [1.54, 1.807) is 37.3 Å². The van der Waals surface area contributed by atoms with Crippen LogP contribution in [0.4, 0.5) is 5.69 Å². The molecular formula is C32H25Br2NO7. The number of allylic oxidation sites excluding steroid dienone is 6. The molecule has 0 spiro atoms. The van der Waals surface area contributed by atoms with Gasteiger partial charge < -0.3 is 9.84 Å². The summed E-state index contributed by atoms with van der Waals surface area (Å²) in [6.45, 7) is 3.04. The number of imide groups is 1. The van der Waals surface area contributed by atoms with Gasteiger partial charge in [0.1, 0.15) is 0 Å². The predicted octanol–water partition coefficient (Wildman–Crippen LogP) is 5.76. The van der Waals surface area contributed by atoms with Crippen molar-refractivity contribution < 1.29 is 33.8 Å². The molecule has 1 fully saturated rings. The van der Waals surface area contributed by atoms with E-state index < -0.39 is 23.7 Å². The zero-order chi connectivity index (χ0) is 30.2. The van der Waals surface area contributed by atoms with Gasteiger partial charge in [-0.1, -0.05) is 11.6 Å². The van der Waals surface area contributed by atoms with Crippen molar-refractivity contribution in [2.75, 3.05) is 12.0 Å². The summed E-state index contributed by atoms with van der Waals surface area (Å²) < 4.78 is 6.21. The molecule has 2 aromatic rings. The molecule has 0 bridgehead atoms. The molecule has 1 N–H and O–H groups in total. The van der Waals surface area contributed by atoms with Crippen LogP contribution < -0.4 is 9.64 Å². The zero-order valence-corrected chi connectivity index (χ0v) is 26.0. The van der Waals surface area contributed by atoms with Gasteiger partial charge in [0.25, 0.3) is 0 Å². The van der Waals surface area contributed by atoms with E-state index in [4.69, 9.17) is 4.74 Å². The highest BCUT2D eigenvalue weighted by Gasteiger charge is 2.56. The minimum absolute atomic E-state index is 0.125. The number of halogens is 2. The molecule has 4 atom stereocenters. The molecule has 2 aromatic carbocycles. The minimum atomic E-state index is -0.739. The van der Waals surface area contributed by atoms with Crippen LogP contribution in [-0.4, -0.2) is 41.4 Å². The molecule has 3 aliphatic carbocycles. The third-order valence-electron chi connectivity index (χ3n) is 8.80. The molecule has 10 heteroatoms. The van der Waals surface area contributed by atoms with Crippen LogP contribution in [0.15, 0.2) is 73.7 Å². The lowest BCUT2D eigenvalue weighted by molar-refractivity contribution is -0.123. The SMILES string of the molecule is COc1cc(C2C3=CCC4C(=O)N(c5ccc(C(C)=O)cc5)C(=O)C4C3CC3=C2C(=O)C=C(C)C3=O)c(Br)c(Br)c1O.